The molecule has 2 aromatic heterocycles. The lowest BCUT2D eigenvalue weighted by atomic mass is 10.2. The van der Waals surface area contributed by atoms with Gasteiger partial charge in [-0.15, -0.1) is 11.3 Å². The van der Waals surface area contributed by atoms with Crippen molar-refractivity contribution in [2.24, 2.45) is 5.84 Å². The number of nitrogens with zero attached hydrogens (tertiary/aromatic N) is 2. The number of nitrogens with two attached hydrogens (primary N) is 1. The lowest BCUT2D eigenvalue weighted by molar-refractivity contribution is 0.0669. The number of hydrogen-bond donors (Lipinski definition) is 2. The molecule has 0 radical (unpaired) electrons. The summed E-state index contributed by atoms with van der Waals surface area (Å²) < 4.78 is 11.3. The summed E-state index contributed by atoms with van der Waals surface area (Å²) in [6.45, 7) is 1.34. The number of hydrogen-bond acceptors (Lipinski definition) is 7. The van der Waals surface area contributed by atoms with E-state index in [0.717, 1.165) is 29.7 Å². The van der Waals surface area contributed by atoms with E-state index in [9.17, 15) is 0 Å². The molecule has 7 heteroatoms. The van der Waals surface area contributed by atoms with Crippen LogP contribution in [0.5, 0.6) is 5.88 Å². The minimum Gasteiger partial charge on any atom is -0.474 e. The highest BCUT2D eigenvalue weighted by Crippen LogP contribution is 2.28. The highest BCUT2D eigenvalue weighted by molar-refractivity contribution is 7.16. The van der Waals surface area contributed by atoms with Gasteiger partial charge in [-0.1, -0.05) is 0 Å². The van der Waals surface area contributed by atoms with E-state index in [-0.39, 0.29) is 6.10 Å². The molecule has 1 fully saturated rings. The highest BCUT2D eigenvalue weighted by Gasteiger charge is 2.17. The fourth-order valence-electron chi connectivity index (χ4n) is 1.95. The Kier molecular flexibility index (Phi) is 3.26. The molecule has 96 valence electrons. The van der Waals surface area contributed by atoms with Gasteiger partial charge in [0.1, 0.15) is 11.4 Å². The molecule has 6 nitrogen and oxygen atoms in total. The monoisotopic (exact) mass is 266 g/mol. The Bertz CT molecular complexity index is 539. The Morgan fingerprint density at radius 1 is 1.56 bits per heavy atom. The van der Waals surface area contributed by atoms with E-state index in [1.54, 1.807) is 0 Å². The van der Waals surface area contributed by atoms with Crippen LogP contribution in [0, 0.1) is 0 Å². The standard InChI is InChI=1S/C11H14N4O2S/c12-15-11-13-9(8-3-5-18-10(8)14-11)17-6-7-2-1-4-16-7/h3,5,7H,1-2,4,6,12H2,(H,13,14,15). The van der Waals surface area contributed by atoms with Gasteiger partial charge in [0.05, 0.1) is 11.5 Å². The molecular formula is C11H14N4O2S. The summed E-state index contributed by atoms with van der Waals surface area (Å²) in [4.78, 5) is 9.35. The summed E-state index contributed by atoms with van der Waals surface area (Å²) in [7, 11) is 0. The van der Waals surface area contributed by atoms with Crippen molar-refractivity contribution in [3.8, 4) is 5.88 Å². The van der Waals surface area contributed by atoms with Crippen LogP contribution < -0.4 is 16.0 Å². The second-order valence-electron chi connectivity index (χ2n) is 4.08. The molecule has 1 atom stereocenters. The molecular weight excluding hydrogens is 252 g/mol. The smallest absolute Gasteiger partial charge is 0.241 e. The lowest BCUT2D eigenvalue weighted by Gasteiger charge is -2.11. The van der Waals surface area contributed by atoms with Crippen molar-refractivity contribution in [3.63, 3.8) is 0 Å². The van der Waals surface area contributed by atoms with E-state index >= 15 is 0 Å². The molecule has 3 N–H and O–H groups in total. The van der Waals surface area contributed by atoms with Crippen LogP contribution in [0.4, 0.5) is 5.95 Å². The number of ether oxygens (including phenoxy) is 2. The van der Waals surface area contributed by atoms with Crippen LogP contribution in [0.15, 0.2) is 11.4 Å². The van der Waals surface area contributed by atoms with Gasteiger partial charge in [0.2, 0.25) is 11.8 Å². The number of hydrazine groups is 1. The topological polar surface area (TPSA) is 82.3 Å². The maximum Gasteiger partial charge on any atom is 0.241 e. The summed E-state index contributed by atoms with van der Waals surface area (Å²) in [5.41, 5.74) is 2.45. The Hall–Kier alpha value is -1.44. The molecule has 1 saturated heterocycles. The first kappa shape index (κ1) is 11.6. The molecule has 3 rings (SSSR count). The normalized spacial score (nSPS) is 19.3. The molecule has 3 heterocycles. The predicted molar refractivity (Wildman–Crippen MR) is 69.7 cm³/mol. The third-order valence-corrected chi connectivity index (χ3v) is 3.66. The Labute approximate surface area is 108 Å². The van der Waals surface area contributed by atoms with Crippen molar-refractivity contribution in [2.75, 3.05) is 18.6 Å². The molecule has 0 amide bonds. The zero-order chi connectivity index (χ0) is 12.4. The first-order chi connectivity index (χ1) is 8.86. The minimum atomic E-state index is 0.169. The SMILES string of the molecule is NNc1nc(OCC2CCCO2)c2ccsc2n1. The average Bonchev–Trinajstić information content (AvgIpc) is 3.06. The molecule has 0 aliphatic carbocycles. The maximum atomic E-state index is 5.74. The Morgan fingerprint density at radius 2 is 2.50 bits per heavy atom. The van der Waals surface area contributed by atoms with Gasteiger partial charge in [-0.3, -0.25) is 5.43 Å². The largest absolute Gasteiger partial charge is 0.474 e. The van der Waals surface area contributed by atoms with Crippen molar-refractivity contribution in [1.29, 1.82) is 0 Å². The number of nitrogens with one attached hydrogen (secondary N) is 1. The van der Waals surface area contributed by atoms with E-state index in [0.29, 0.717) is 18.4 Å². The maximum absolute atomic E-state index is 5.74. The molecule has 1 unspecified atom stereocenters. The summed E-state index contributed by atoms with van der Waals surface area (Å²) in [5, 5.41) is 2.87. The molecule has 0 saturated carbocycles. The van der Waals surface area contributed by atoms with Crippen LogP contribution in [-0.2, 0) is 4.74 Å². The molecule has 1 aliphatic rings. The molecule has 1 aliphatic heterocycles. The van der Waals surface area contributed by atoms with Crippen LogP contribution in [0.25, 0.3) is 10.2 Å². The van der Waals surface area contributed by atoms with Crippen LogP contribution in [0.3, 0.4) is 0 Å². The van der Waals surface area contributed by atoms with Crippen LogP contribution in [-0.4, -0.2) is 29.3 Å². The lowest BCUT2D eigenvalue weighted by Crippen LogP contribution is -2.17. The van der Waals surface area contributed by atoms with Gasteiger partial charge in [0.25, 0.3) is 0 Å². The third-order valence-electron chi connectivity index (χ3n) is 2.85. The molecule has 0 spiro atoms. The number of anilines is 1. The quantitative estimate of drug-likeness (QED) is 0.645. The first-order valence-corrected chi connectivity index (χ1v) is 6.71. The summed E-state index contributed by atoms with van der Waals surface area (Å²) in [6.07, 6.45) is 2.31. The summed E-state index contributed by atoms with van der Waals surface area (Å²) in [6, 6.07) is 1.95. The van der Waals surface area contributed by atoms with E-state index in [1.165, 1.54) is 11.3 Å². The number of aromatic nitrogens is 2. The molecule has 18 heavy (non-hydrogen) atoms. The van der Waals surface area contributed by atoms with Crippen LogP contribution in [0.1, 0.15) is 12.8 Å². The summed E-state index contributed by atoms with van der Waals surface area (Å²) >= 11 is 1.53. The zero-order valence-electron chi connectivity index (χ0n) is 9.76. The van der Waals surface area contributed by atoms with Gasteiger partial charge in [-0.25, -0.2) is 10.8 Å². The van der Waals surface area contributed by atoms with E-state index < -0.39 is 0 Å². The molecule has 2 aromatic rings. The van der Waals surface area contributed by atoms with Gasteiger partial charge >= 0.3 is 0 Å². The van der Waals surface area contributed by atoms with E-state index in [4.69, 9.17) is 15.3 Å². The molecule has 0 bridgehead atoms. The van der Waals surface area contributed by atoms with Gasteiger partial charge < -0.3 is 9.47 Å². The minimum absolute atomic E-state index is 0.169. The number of nitrogen functional groups attached to an aromatic ring is 1. The number of rotatable bonds is 4. The molecule has 0 aromatic carbocycles. The van der Waals surface area contributed by atoms with Crippen molar-refractivity contribution < 1.29 is 9.47 Å². The van der Waals surface area contributed by atoms with E-state index in [1.807, 2.05) is 11.4 Å². The fourth-order valence-corrected chi connectivity index (χ4v) is 2.70. The summed E-state index contributed by atoms with van der Waals surface area (Å²) in [5.74, 6) is 6.27. The number of fused-ring (bicyclic) bond motifs is 1. The second-order valence-corrected chi connectivity index (χ2v) is 4.98. The van der Waals surface area contributed by atoms with Crippen molar-refractivity contribution in [3.05, 3.63) is 11.4 Å². The van der Waals surface area contributed by atoms with Crippen LogP contribution >= 0.6 is 11.3 Å². The van der Waals surface area contributed by atoms with Gasteiger partial charge in [-0.2, -0.15) is 4.98 Å². The average molecular weight is 266 g/mol. The van der Waals surface area contributed by atoms with Gasteiger partial charge in [-0.05, 0) is 24.3 Å². The van der Waals surface area contributed by atoms with Crippen molar-refractivity contribution in [1.82, 2.24) is 9.97 Å². The highest BCUT2D eigenvalue weighted by atomic mass is 32.1. The van der Waals surface area contributed by atoms with Gasteiger partial charge in [0, 0.05) is 6.61 Å². The predicted octanol–water partition coefficient (Wildman–Crippen LogP) is 1.53. The van der Waals surface area contributed by atoms with Crippen LogP contribution in [0.2, 0.25) is 0 Å². The van der Waals surface area contributed by atoms with Crippen molar-refractivity contribution >= 4 is 27.5 Å². The Balaban J connectivity index is 1.82. The second kappa shape index (κ2) is 5.05. The van der Waals surface area contributed by atoms with Gasteiger partial charge in [0.15, 0.2) is 0 Å². The number of thiophene rings is 1. The Morgan fingerprint density at radius 3 is 3.28 bits per heavy atom. The third kappa shape index (κ3) is 2.24. The zero-order valence-corrected chi connectivity index (χ0v) is 10.6. The van der Waals surface area contributed by atoms with Crippen molar-refractivity contribution in [2.45, 2.75) is 18.9 Å². The fraction of sp³-hybridized carbons (Fsp3) is 0.455. The first-order valence-electron chi connectivity index (χ1n) is 5.83. The van der Waals surface area contributed by atoms with E-state index in [2.05, 4.69) is 15.4 Å².